The van der Waals surface area contributed by atoms with Crippen LogP contribution in [-0.2, 0) is 11.3 Å². The van der Waals surface area contributed by atoms with Gasteiger partial charge in [-0.2, -0.15) is 0 Å². The average molecular weight is 363 g/mol. The van der Waals surface area contributed by atoms with Gasteiger partial charge in [0.25, 0.3) is 0 Å². The molecule has 3 aromatic rings. The smallest absolute Gasteiger partial charge is 0.407 e. The first-order valence-electron chi connectivity index (χ1n) is 8.69. The van der Waals surface area contributed by atoms with E-state index in [-0.39, 0.29) is 19.1 Å². The SMILES string of the molecule is O=C(NCc1ccc(O)c(F)c1)OCC1c2ccccc2-c2ccccc21. The lowest BCUT2D eigenvalue weighted by molar-refractivity contribution is 0.142. The third-order valence-corrected chi connectivity index (χ3v) is 4.79. The highest BCUT2D eigenvalue weighted by Gasteiger charge is 2.28. The molecule has 0 fully saturated rings. The number of ether oxygens (including phenoxy) is 1. The summed E-state index contributed by atoms with van der Waals surface area (Å²) < 4.78 is 18.8. The number of alkyl carbamates (subject to hydrolysis) is 1. The fraction of sp³-hybridized carbons (Fsp3) is 0.136. The molecule has 3 aromatic carbocycles. The van der Waals surface area contributed by atoms with Crippen molar-refractivity contribution in [3.05, 3.63) is 89.2 Å². The summed E-state index contributed by atoms with van der Waals surface area (Å²) in [5.74, 6) is -1.14. The summed E-state index contributed by atoms with van der Waals surface area (Å²) in [6, 6.07) is 20.2. The fourth-order valence-electron chi connectivity index (χ4n) is 3.48. The zero-order valence-electron chi connectivity index (χ0n) is 14.5. The molecule has 2 N–H and O–H groups in total. The molecule has 1 aliphatic carbocycles. The van der Waals surface area contributed by atoms with Crippen molar-refractivity contribution < 1.29 is 19.0 Å². The van der Waals surface area contributed by atoms with Gasteiger partial charge in [-0.05, 0) is 39.9 Å². The topological polar surface area (TPSA) is 58.6 Å². The van der Waals surface area contributed by atoms with E-state index in [1.807, 2.05) is 24.3 Å². The molecular formula is C22H18FNO3. The van der Waals surface area contributed by atoms with Gasteiger partial charge in [0.2, 0.25) is 0 Å². The number of rotatable bonds is 4. The normalized spacial score (nSPS) is 12.3. The molecule has 0 atom stereocenters. The van der Waals surface area contributed by atoms with Gasteiger partial charge < -0.3 is 15.2 Å². The monoisotopic (exact) mass is 363 g/mol. The molecule has 0 saturated carbocycles. The zero-order valence-corrected chi connectivity index (χ0v) is 14.5. The highest BCUT2D eigenvalue weighted by atomic mass is 19.1. The lowest BCUT2D eigenvalue weighted by Gasteiger charge is -2.14. The second-order valence-electron chi connectivity index (χ2n) is 6.46. The molecule has 0 heterocycles. The third-order valence-electron chi connectivity index (χ3n) is 4.79. The van der Waals surface area contributed by atoms with Gasteiger partial charge in [-0.3, -0.25) is 0 Å². The molecule has 0 bridgehead atoms. The zero-order chi connectivity index (χ0) is 18.8. The summed E-state index contributed by atoms with van der Waals surface area (Å²) in [6.07, 6.45) is -0.564. The molecule has 27 heavy (non-hydrogen) atoms. The number of phenolic OH excluding ortho intramolecular Hbond substituents is 1. The van der Waals surface area contributed by atoms with Crippen molar-refractivity contribution in [1.29, 1.82) is 0 Å². The molecule has 136 valence electrons. The molecule has 4 nitrogen and oxygen atoms in total. The van der Waals surface area contributed by atoms with Gasteiger partial charge in [0, 0.05) is 12.5 Å². The van der Waals surface area contributed by atoms with Crippen LogP contribution in [0.3, 0.4) is 0 Å². The Morgan fingerprint density at radius 2 is 1.63 bits per heavy atom. The molecule has 0 aliphatic heterocycles. The Hall–Kier alpha value is -3.34. The Morgan fingerprint density at radius 3 is 2.26 bits per heavy atom. The van der Waals surface area contributed by atoms with E-state index >= 15 is 0 Å². The Balaban J connectivity index is 1.41. The summed E-state index contributed by atoms with van der Waals surface area (Å²) in [4.78, 5) is 12.1. The number of phenols is 1. The first-order chi connectivity index (χ1) is 13.1. The molecule has 0 aromatic heterocycles. The maximum Gasteiger partial charge on any atom is 0.407 e. The van der Waals surface area contributed by atoms with E-state index in [0.717, 1.165) is 11.1 Å². The van der Waals surface area contributed by atoms with Gasteiger partial charge in [-0.1, -0.05) is 54.6 Å². The van der Waals surface area contributed by atoms with Gasteiger partial charge in [0.05, 0.1) is 0 Å². The highest BCUT2D eigenvalue weighted by molar-refractivity contribution is 5.79. The van der Waals surface area contributed by atoms with Gasteiger partial charge >= 0.3 is 6.09 Å². The molecule has 1 aliphatic rings. The van der Waals surface area contributed by atoms with Crippen molar-refractivity contribution in [1.82, 2.24) is 5.32 Å². The number of nitrogens with one attached hydrogen (secondary N) is 1. The maximum atomic E-state index is 13.3. The Kier molecular flexibility index (Phi) is 4.50. The number of benzene rings is 3. The number of hydrogen-bond donors (Lipinski definition) is 2. The first-order valence-corrected chi connectivity index (χ1v) is 8.69. The molecule has 0 unspecified atom stereocenters. The number of aromatic hydroxyl groups is 1. The molecule has 5 heteroatoms. The van der Waals surface area contributed by atoms with E-state index < -0.39 is 17.7 Å². The van der Waals surface area contributed by atoms with E-state index in [0.29, 0.717) is 5.56 Å². The summed E-state index contributed by atoms with van der Waals surface area (Å²) >= 11 is 0. The van der Waals surface area contributed by atoms with Crippen LogP contribution in [0.25, 0.3) is 11.1 Å². The number of amides is 1. The minimum Gasteiger partial charge on any atom is -0.505 e. The molecule has 1 amide bonds. The van der Waals surface area contributed by atoms with Crippen LogP contribution in [0.5, 0.6) is 5.75 Å². The van der Waals surface area contributed by atoms with Gasteiger partial charge in [0.15, 0.2) is 11.6 Å². The van der Waals surface area contributed by atoms with E-state index in [2.05, 4.69) is 29.6 Å². The van der Waals surface area contributed by atoms with Crippen molar-refractivity contribution >= 4 is 6.09 Å². The lowest BCUT2D eigenvalue weighted by Crippen LogP contribution is -2.25. The van der Waals surface area contributed by atoms with Crippen molar-refractivity contribution in [3.8, 4) is 16.9 Å². The summed E-state index contributed by atoms with van der Waals surface area (Å²) in [5, 5.41) is 11.8. The van der Waals surface area contributed by atoms with Crippen molar-refractivity contribution in [2.24, 2.45) is 0 Å². The lowest BCUT2D eigenvalue weighted by atomic mass is 9.98. The molecular weight excluding hydrogens is 345 g/mol. The van der Waals surface area contributed by atoms with Gasteiger partial charge in [-0.25, -0.2) is 9.18 Å². The quantitative estimate of drug-likeness (QED) is 0.714. The largest absolute Gasteiger partial charge is 0.505 e. The van der Waals surface area contributed by atoms with Crippen LogP contribution in [-0.4, -0.2) is 17.8 Å². The number of hydrogen-bond acceptors (Lipinski definition) is 3. The van der Waals surface area contributed by atoms with Gasteiger partial charge in [0.1, 0.15) is 6.61 Å². The minimum absolute atomic E-state index is 0.00531. The third kappa shape index (κ3) is 3.36. The molecule has 0 radical (unpaired) electrons. The summed E-state index contributed by atoms with van der Waals surface area (Å²) in [6.45, 7) is 0.345. The number of fused-ring (bicyclic) bond motifs is 3. The van der Waals surface area contributed by atoms with E-state index in [1.165, 1.54) is 23.3 Å². The summed E-state index contributed by atoms with van der Waals surface area (Å²) in [7, 11) is 0. The van der Waals surface area contributed by atoms with Crippen molar-refractivity contribution in [2.45, 2.75) is 12.5 Å². The Morgan fingerprint density at radius 1 is 1.00 bits per heavy atom. The van der Waals surface area contributed by atoms with Crippen molar-refractivity contribution in [2.75, 3.05) is 6.61 Å². The van der Waals surface area contributed by atoms with Crippen LogP contribution in [0.2, 0.25) is 0 Å². The Bertz CT molecular complexity index is 957. The van der Waals surface area contributed by atoms with E-state index in [4.69, 9.17) is 4.74 Å². The second kappa shape index (κ2) is 7.11. The van der Waals surface area contributed by atoms with Crippen LogP contribution >= 0.6 is 0 Å². The average Bonchev–Trinajstić information content (AvgIpc) is 3.01. The fourth-order valence-corrected chi connectivity index (χ4v) is 3.48. The first kappa shape index (κ1) is 17.1. The predicted octanol–water partition coefficient (Wildman–Crippen LogP) is 4.57. The predicted molar refractivity (Wildman–Crippen MR) is 100.0 cm³/mol. The number of halogens is 1. The van der Waals surface area contributed by atoms with Crippen LogP contribution in [0.1, 0.15) is 22.6 Å². The Labute approximate surface area is 156 Å². The standard InChI is InChI=1S/C22H18FNO3/c23-20-11-14(9-10-21(20)25)12-24-22(26)27-13-19-17-7-3-1-5-15(17)16-6-2-4-8-18(16)19/h1-11,19,25H,12-13H2,(H,24,26). The number of carbonyl (C=O) groups is 1. The second-order valence-corrected chi connectivity index (χ2v) is 6.46. The number of carbonyl (C=O) groups excluding carboxylic acids is 1. The van der Waals surface area contributed by atoms with E-state index in [1.54, 1.807) is 6.07 Å². The van der Waals surface area contributed by atoms with Crippen LogP contribution < -0.4 is 5.32 Å². The van der Waals surface area contributed by atoms with Crippen LogP contribution in [0.15, 0.2) is 66.7 Å². The molecule has 0 saturated heterocycles. The summed E-state index contributed by atoms with van der Waals surface area (Å²) in [5.41, 5.74) is 5.17. The molecule has 4 rings (SSSR count). The van der Waals surface area contributed by atoms with Gasteiger partial charge in [-0.15, -0.1) is 0 Å². The highest BCUT2D eigenvalue weighted by Crippen LogP contribution is 2.44. The van der Waals surface area contributed by atoms with E-state index in [9.17, 15) is 14.3 Å². The van der Waals surface area contributed by atoms with Crippen molar-refractivity contribution in [3.63, 3.8) is 0 Å². The van der Waals surface area contributed by atoms with Crippen LogP contribution in [0.4, 0.5) is 9.18 Å². The van der Waals surface area contributed by atoms with Crippen LogP contribution in [0, 0.1) is 5.82 Å². The maximum absolute atomic E-state index is 13.3. The molecule has 0 spiro atoms. The minimum atomic E-state index is -0.721.